The van der Waals surface area contributed by atoms with Crippen LogP contribution in [0.25, 0.3) is 0 Å². The number of amides is 2. The number of hydrogen-bond acceptors (Lipinski definition) is 8. The molecule has 0 heterocycles. The van der Waals surface area contributed by atoms with Gasteiger partial charge >= 0.3 is 6.03 Å². The van der Waals surface area contributed by atoms with E-state index in [1.165, 1.54) is 0 Å². The molecular formula is C22H33N3O7S-2. The van der Waals surface area contributed by atoms with Crippen molar-refractivity contribution in [1.82, 2.24) is 15.1 Å². The molecule has 0 saturated heterocycles. The molecule has 1 N–H and O–H groups in total. The van der Waals surface area contributed by atoms with E-state index in [2.05, 4.69) is 24.1 Å². The first-order valence-electron chi connectivity index (χ1n) is 10.6. The van der Waals surface area contributed by atoms with Crippen molar-refractivity contribution in [2.45, 2.75) is 38.6 Å². The average Bonchev–Trinajstić information content (AvgIpc) is 2.76. The zero-order valence-electron chi connectivity index (χ0n) is 19.5. The molecule has 186 valence electrons. The molecule has 33 heavy (non-hydrogen) atoms. The zero-order chi connectivity index (χ0) is 25.4. The molecule has 10 nitrogen and oxygen atoms in total. The number of carboxylic acids is 2. The SMILES string of the molecule is CCN(CC)CCNC(=O)N(CCS(=O)(=O)c1ccccc1)C(C)C.O=C([O-])/C=C\C(=O)[O-]. The summed E-state index contributed by atoms with van der Waals surface area (Å²) in [5.41, 5.74) is 0. The largest absolute Gasteiger partial charge is 0.545 e. The maximum absolute atomic E-state index is 12.4. The fraction of sp³-hybridized carbons (Fsp3) is 0.500. The van der Waals surface area contributed by atoms with E-state index in [0.29, 0.717) is 23.6 Å². The van der Waals surface area contributed by atoms with Crippen molar-refractivity contribution in [3.63, 3.8) is 0 Å². The first kappa shape index (κ1) is 30.1. The van der Waals surface area contributed by atoms with E-state index in [1.54, 1.807) is 35.2 Å². The van der Waals surface area contributed by atoms with E-state index >= 15 is 0 Å². The third kappa shape index (κ3) is 13.3. The van der Waals surface area contributed by atoms with Crippen molar-refractivity contribution < 1.29 is 33.0 Å². The molecule has 0 bridgehead atoms. The number of nitrogens with zero attached hydrogens (tertiary/aromatic N) is 2. The smallest absolute Gasteiger partial charge is 0.317 e. The number of benzene rings is 1. The highest BCUT2D eigenvalue weighted by Crippen LogP contribution is 2.11. The van der Waals surface area contributed by atoms with Crippen LogP contribution in [0.5, 0.6) is 0 Å². The fourth-order valence-electron chi connectivity index (χ4n) is 2.66. The van der Waals surface area contributed by atoms with E-state index in [0.717, 1.165) is 19.6 Å². The van der Waals surface area contributed by atoms with Gasteiger partial charge in [0.25, 0.3) is 0 Å². The van der Waals surface area contributed by atoms with Gasteiger partial charge in [-0.05, 0) is 51.2 Å². The van der Waals surface area contributed by atoms with Crippen LogP contribution in [0.2, 0.25) is 0 Å². The first-order chi connectivity index (χ1) is 15.4. The lowest BCUT2D eigenvalue weighted by Gasteiger charge is -2.27. The molecule has 0 fully saturated rings. The first-order valence-corrected chi connectivity index (χ1v) is 12.2. The number of carbonyl (C=O) groups is 3. The van der Waals surface area contributed by atoms with Crippen LogP contribution < -0.4 is 15.5 Å². The number of aliphatic carboxylic acids is 2. The van der Waals surface area contributed by atoms with Gasteiger partial charge in [0.2, 0.25) is 0 Å². The molecular weight excluding hydrogens is 450 g/mol. The van der Waals surface area contributed by atoms with Crippen LogP contribution in [0.1, 0.15) is 27.7 Å². The van der Waals surface area contributed by atoms with Crippen molar-refractivity contribution in [3.8, 4) is 0 Å². The molecule has 1 aromatic rings. The van der Waals surface area contributed by atoms with Gasteiger partial charge in [-0.15, -0.1) is 0 Å². The Bertz CT molecular complexity index is 851. The van der Waals surface area contributed by atoms with Gasteiger partial charge < -0.3 is 34.9 Å². The molecule has 1 aromatic carbocycles. The molecule has 0 aliphatic heterocycles. The van der Waals surface area contributed by atoms with Crippen LogP contribution in [-0.2, 0) is 19.4 Å². The van der Waals surface area contributed by atoms with Crippen molar-refractivity contribution in [1.29, 1.82) is 0 Å². The third-order valence-corrected chi connectivity index (χ3v) is 6.25. The van der Waals surface area contributed by atoms with Crippen LogP contribution in [0, 0.1) is 0 Å². The topological polar surface area (TPSA) is 150 Å². The Kier molecular flexibility index (Phi) is 14.4. The van der Waals surface area contributed by atoms with Crippen LogP contribution >= 0.6 is 0 Å². The molecule has 0 radical (unpaired) electrons. The van der Waals surface area contributed by atoms with Gasteiger partial charge in [-0.2, -0.15) is 0 Å². The molecule has 11 heteroatoms. The quantitative estimate of drug-likeness (QED) is 0.382. The highest BCUT2D eigenvalue weighted by molar-refractivity contribution is 7.91. The number of rotatable bonds is 12. The number of carbonyl (C=O) groups excluding carboxylic acids is 3. The summed E-state index contributed by atoms with van der Waals surface area (Å²) in [4.78, 5) is 35.3. The molecule has 0 aliphatic rings. The summed E-state index contributed by atoms with van der Waals surface area (Å²) in [5.74, 6) is -3.18. The Labute approximate surface area is 195 Å². The Hall–Kier alpha value is -2.92. The maximum atomic E-state index is 12.4. The number of carboxylic acid groups (broad SMARTS) is 2. The minimum atomic E-state index is -3.39. The normalized spacial score (nSPS) is 11.2. The Morgan fingerprint density at radius 1 is 0.970 bits per heavy atom. The Morgan fingerprint density at radius 2 is 1.48 bits per heavy atom. The predicted octanol–water partition coefficient (Wildman–Crippen LogP) is -0.735. The van der Waals surface area contributed by atoms with E-state index < -0.39 is 21.8 Å². The van der Waals surface area contributed by atoms with Gasteiger partial charge in [-0.25, -0.2) is 13.2 Å². The minimum absolute atomic E-state index is 0.0700. The molecule has 0 aliphatic carbocycles. The number of nitrogens with one attached hydrogen (secondary N) is 1. The molecule has 0 unspecified atom stereocenters. The molecule has 0 aromatic heterocycles. The van der Waals surface area contributed by atoms with E-state index in [-0.39, 0.29) is 24.4 Å². The summed E-state index contributed by atoms with van der Waals surface area (Å²) in [6.45, 7) is 11.3. The van der Waals surface area contributed by atoms with Crippen LogP contribution in [0.3, 0.4) is 0 Å². The lowest BCUT2D eigenvalue weighted by molar-refractivity contribution is -0.301. The lowest BCUT2D eigenvalue weighted by atomic mass is 10.3. The number of likely N-dealkylation sites (N-methyl/N-ethyl adjacent to an activating group) is 1. The Balaban J connectivity index is 0.00000109. The second-order valence-electron chi connectivity index (χ2n) is 7.15. The van der Waals surface area contributed by atoms with Gasteiger partial charge in [0.15, 0.2) is 9.84 Å². The summed E-state index contributed by atoms with van der Waals surface area (Å²) < 4.78 is 24.8. The average molecular weight is 484 g/mol. The zero-order valence-corrected chi connectivity index (χ0v) is 20.3. The van der Waals surface area contributed by atoms with Crippen LogP contribution in [0.15, 0.2) is 47.4 Å². The summed E-state index contributed by atoms with van der Waals surface area (Å²) in [6, 6.07) is 8.06. The Morgan fingerprint density at radius 3 is 1.91 bits per heavy atom. The summed E-state index contributed by atoms with van der Waals surface area (Å²) in [7, 11) is -3.39. The van der Waals surface area contributed by atoms with Crippen LogP contribution in [-0.4, -0.2) is 80.7 Å². The van der Waals surface area contributed by atoms with Crippen molar-refractivity contribution >= 4 is 27.8 Å². The fourth-order valence-corrected chi connectivity index (χ4v) is 3.90. The van der Waals surface area contributed by atoms with Gasteiger partial charge in [0.05, 0.1) is 22.6 Å². The number of sulfone groups is 1. The van der Waals surface area contributed by atoms with Gasteiger partial charge in [-0.1, -0.05) is 32.0 Å². The van der Waals surface area contributed by atoms with Gasteiger partial charge in [0, 0.05) is 25.7 Å². The van der Waals surface area contributed by atoms with E-state index in [9.17, 15) is 33.0 Å². The summed E-state index contributed by atoms with van der Waals surface area (Å²) in [6.07, 6.45) is 0.769. The van der Waals surface area contributed by atoms with E-state index in [1.807, 2.05) is 13.8 Å². The van der Waals surface area contributed by atoms with Crippen molar-refractivity contribution in [3.05, 3.63) is 42.5 Å². The third-order valence-electron chi connectivity index (χ3n) is 4.54. The highest BCUT2D eigenvalue weighted by Gasteiger charge is 2.21. The monoisotopic (exact) mass is 483 g/mol. The molecule has 1 rings (SSSR count). The summed E-state index contributed by atoms with van der Waals surface area (Å²) in [5, 5.41) is 21.7. The summed E-state index contributed by atoms with van der Waals surface area (Å²) >= 11 is 0. The standard InChI is InChI=1S/C18H31N3O3S.C4H4O4/c1-5-20(6-2)13-12-19-18(22)21(16(3)4)14-15-25(23,24)17-10-8-7-9-11-17;5-3(6)1-2-4(7)8/h7-11,16H,5-6,12-15H2,1-4H3,(H,19,22);1-2H,(H,5,6)(H,7,8)/p-2/b;2-1-. The van der Waals surface area contributed by atoms with Gasteiger partial charge in [0.1, 0.15) is 0 Å². The minimum Gasteiger partial charge on any atom is -0.545 e. The molecule has 0 spiro atoms. The number of hydrogen-bond donors (Lipinski definition) is 1. The lowest BCUT2D eigenvalue weighted by Crippen LogP contribution is -2.47. The van der Waals surface area contributed by atoms with Crippen LogP contribution in [0.4, 0.5) is 4.79 Å². The van der Waals surface area contributed by atoms with Crippen molar-refractivity contribution in [2.24, 2.45) is 0 Å². The second kappa shape index (κ2) is 15.8. The van der Waals surface area contributed by atoms with Crippen molar-refractivity contribution in [2.75, 3.05) is 38.5 Å². The van der Waals surface area contributed by atoms with Gasteiger partial charge in [-0.3, -0.25) is 0 Å². The molecule has 2 amide bonds. The maximum Gasteiger partial charge on any atom is 0.317 e. The molecule has 0 atom stereocenters. The highest BCUT2D eigenvalue weighted by atomic mass is 32.2. The second-order valence-corrected chi connectivity index (χ2v) is 9.26. The van der Waals surface area contributed by atoms with E-state index in [4.69, 9.17) is 0 Å². The number of urea groups is 1. The predicted molar refractivity (Wildman–Crippen MR) is 121 cm³/mol. The molecule has 0 saturated carbocycles.